The third-order valence-electron chi connectivity index (χ3n) is 6.64. The van der Waals surface area contributed by atoms with Gasteiger partial charge in [-0.3, -0.25) is 4.79 Å². The van der Waals surface area contributed by atoms with Crippen LogP contribution in [0.25, 0.3) is 0 Å². The number of nitrogen functional groups attached to an aromatic ring is 1. The highest BCUT2D eigenvalue weighted by Gasteiger charge is 2.27. The number of hydrogen-bond donors (Lipinski definition) is 1. The zero-order valence-electron chi connectivity index (χ0n) is 17.5. The minimum absolute atomic E-state index is 0.144. The maximum absolute atomic E-state index is 13.3. The van der Waals surface area contributed by atoms with E-state index in [1.165, 1.54) is 5.56 Å². The quantitative estimate of drug-likeness (QED) is 0.775. The fourth-order valence-corrected chi connectivity index (χ4v) is 4.71. The third-order valence-corrected chi connectivity index (χ3v) is 6.64. The van der Waals surface area contributed by atoms with Crippen LogP contribution in [-0.2, 0) is 6.42 Å². The maximum atomic E-state index is 13.3. The number of hydrogen-bond acceptors (Lipinski definition) is 3. The molecule has 4 nitrogen and oxygen atoms in total. The van der Waals surface area contributed by atoms with Crippen LogP contribution in [0.2, 0.25) is 0 Å². The van der Waals surface area contributed by atoms with Gasteiger partial charge < -0.3 is 15.5 Å². The Balaban J connectivity index is 1.44. The van der Waals surface area contributed by atoms with Crippen molar-refractivity contribution in [3.05, 3.63) is 59.7 Å². The van der Waals surface area contributed by atoms with Crippen molar-refractivity contribution >= 4 is 17.3 Å². The SMILES string of the molecule is CC1CCN(C(=O)c2cc(N)ccc2N2CCC(Cc3ccccc3)CC2)CC1. The molecule has 2 aromatic carbocycles. The summed E-state index contributed by atoms with van der Waals surface area (Å²) in [5.41, 5.74) is 9.99. The molecule has 2 aromatic rings. The predicted molar refractivity (Wildman–Crippen MR) is 120 cm³/mol. The summed E-state index contributed by atoms with van der Waals surface area (Å²) < 4.78 is 0. The molecule has 2 aliphatic heterocycles. The maximum Gasteiger partial charge on any atom is 0.256 e. The first-order valence-electron chi connectivity index (χ1n) is 11.1. The summed E-state index contributed by atoms with van der Waals surface area (Å²) in [6, 6.07) is 16.6. The standard InChI is InChI=1S/C25H33N3O/c1-19-9-13-28(14-10-19)25(29)23-18-22(26)7-8-24(23)27-15-11-21(12-16-27)17-20-5-3-2-4-6-20/h2-8,18-19,21H,9-17,26H2,1H3. The summed E-state index contributed by atoms with van der Waals surface area (Å²) in [6.45, 7) is 5.98. The van der Waals surface area contributed by atoms with Crippen LogP contribution < -0.4 is 10.6 Å². The van der Waals surface area contributed by atoms with Crippen molar-refractivity contribution in [2.45, 2.75) is 39.0 Å². The number of piperidine rings is 2. The van der Waals surface area contributed by atoms with Gasteiger partial charge >= 0.3 is 0 Å². The van der Waals surface area contributed by atoms with E-state index in [1.54, 1.807) is 0 Å². The van der Waals surface area contributed by atoms with Crippen molar-refractivity contribution in [2.24, 2.45) is 11.8 Å². The van der Waals surface area contributed by atoms with E-state index < -0.39 is 0 Å². The van der Waals surface area contributed by atoms with Crippen molar-refractivity contribution in [3.63, 3.8) is 0 Å². The Bertz CT molecular complexity index is 819. The predicted octanol–water partition coefficient (Wildman–Crippen LogP) is 4.60. The van der Waals surface area contributed by atoms with E-state index in [9.17, 15) is 4.79 Å². The molecular weight excluding hydrogens is 358 g/mol. The van der Waals surface area contributed by atoms with E-state index in [0.717, 1.165) is 69.5 Å². The van der Waals surface area contributed by atoms with Crippen molar-refractivity contribution in [1.29, 1.82) is 0 Å². The van der Waals surface area contributed by atoms with Crippen LogP contribution in [-0.4, -0.2) is 37.0 Å². The molecule has 0 aliphatic carbocycles. The van der Waals surface area contributed by atoms with E-state index in [4.69, 9.17) is 5.73 Å². The van der Waals surface area contributed by atoms with Crippen molar-refractivity contribution in [3.8, 4) is 0 Å². The second kappa shape index (κ2) is 8.89. The number of benzene rings is 2. The zero-order valence-corrected chi connectivity index (χ0v) is 17.5. The molecule has 29 heavy (non-hydrogen) atoms. The molecule has 154 valence electrons. The lowest BCUT2D eigenvalue weighted by Crippen LogP contribution is -2.40. The van der Waals surface area contributed by atoms with Gasteiger partial charge in [0.05, 0.1) is 5.56 Å². The Hall–Kier alpha value is -2.49. The molecule has 0 atom stereocenters. The minimum atomic E-state index is 0.144. The third kappa shape index (κ3) is 4.75. The topological polar surface area (TPSA) is 49.6 Å². The van der Waals surface area contributed by atoms with Gasteiger partial charge in [0.15, 0.2) is 0 Å². The molecule has 2 aliphatic rings. The van der Waals surface area contributed by atoms with Crippen LogP contribution in [0.1, 0.15) is 48.5 Å². The van der Waals surface area contributed by atoms with Crippen LogP contribution in [0.3, 0.4) is 0 Å². The first-order valence-corrected chi connectivity index (χ1v) is 11.1. The largest absolute Gasteiger partial charge is 0.399 e. The van der Waals surface area contributed by atoms with E-state index in [2.05, 4.69) is 42.2 Å². The Labute approximate surface area is 174 Å². The Kier molecular flexibility index (Phi) is 6.08. The van der Waals surface area contributed by atoms with Gasteiger partial charge in [-0.25, -0.2) is 0 Å². The normalized spacial score (nSPS) is 18.8. The first kappa shape index (κ1) is 19.8. The van der Waals surface area contributed by atoms with Gasteiger partial charge in [0, 0.05) is 37.6 Å². The molecule has 2 heterocycles. The molecule has 2 N–H and O–H groups in total. The monoisotopic (exact) mass is 391 g/mol. The first-order chi connectivity index (χ1) is 14.1. The Morgan fingerprint density at radius 2 is 1.66 bits per heavy atom. The number of rotatable bonds is 4. The molecule has 4 rings (SSSR count). The van der Waals surface area contributed by atoms with Gasteiger partial charge in [0.25, 0.3) is 5.91 Å². The highest BCUT2D eigenvalue weighted by atomic mass is 16.2. The second-order valence-electron chi connectivity index (χ2n) is 8.87. The summed E-state index contributed by atoms with van der Waals surface area (Å²) in [7, 11) is 0. The smallest absolute Gasteiger partial charge is 0.256 e. The second-order valence-corrected chi connectivity index (χ2v) is 8.87. The fraction of sp³-hybridized carbons (Fsp3) is 0.480. The van der Waals surface area contributed by atoms with E-state index >= 15 is 0 Å². The molecule has 0 aromatic heterocycles. The molecule has 1 amide bonds. The summed E-state index contributed by atoms with van der Waals surface area (Å²) in [6.07, 6.45) is 5.65. The molecule has 4 heteroatoms. The number of anilines is 2. The molecule has 0 unspecified atom stereocenters. The number of likely N-dealkylation sites (tertiary alicyclic amines) is 1. The lowest BCUT2D eigenvalue weighted by molar-refractivity contribution is 0.0698. The van der Waals surface area contributed by atoms with E-state index in [-0.39, 0.29) is 5.91 Å². The molecule has 2 saturated heterocycles. The minimum Gasteiger partial charge on any atom is -0.399 e. The van der Waals surface area contributed by atoms with Crippen molar-refractivity contribution in [1.82, 2.24) is 4.90 Å². The average Bonchev–Trinajstić information content (AvgIpc) is 2.75. The summed E-state index contributed by atoms with van der Waals surface area (Å²) >= 11 is 0. The molecular formula is C25H33N3O. The Morgan fingerprint density at radius 3 is 2.34 bits per heavy atom. The summed E-state index contributed by atoms with van der Waals surface area (Å²) in [5.74, 6) is 1.57. The number of nitrogens with two attached hydrogens (primary N) is 1. The number of carbonyl (C=O) groups is 1. The molecule has 0 spiro atoms. The molecule has 2 fully saturated rings. The van der Waals surface area contributed by atoms with Crippen LogP contribution in [0.5, 0.6) is 0 Å². The van der Waals surface area contributed by atoms with Crippen molar-refractivity contribution in [2.75, 3.05) is 36.8 Å². The molecule has 0 saturated carbocycles. The lowest BCUT2D eigenvalue weighted by Gasteiger charge is -2.36. The van der Waals surface area contributed by atoms with Gasteiger partial charge in [0.2, 0.25) is 0 Å². The average molecular weight is 392 g/mol. The number of carbonyl (C=O) groups excluding carboxylic acids is 1. The zero-order chi connectivity index (χ0) is 20.2. The van der Waals surface area contributed by atoms with Crippen LogP contribution in [0.15, 0.2) is 48.5 Å². The van der Waals surface area contributed by atoms with Crippen LogP contribution in [0, 0.1) is 11.8 Å². The van der Waals surface area contributed by atoms with Gasteiger partial charge in [-0.05, 0) is 67.7 Å². The fourth-order valence-electron chi connectivity index (χ4n) is 4.71. The van der Waals surface area contributed by atoms with Crippen LogP contribution in [0.4, 0.5) is 11.4 Å². The van der Waals surface area contributed by atoms with Gasteiger partial charge in [-0.1, -0.05) is 37.3 Å². The highest BCUT2D eigenvalue weighted by Crippen LogP contribution is 2.31. The molecule has 0 radical (unpaired) electrons. The summed E-state index contributed by atoms with van der Waals surface area (Å²) in [5, 5.41) is 0. The Morgan fingerprint density at radius 1 is 0.966 bits per heavy atom. The van der Waals surface area contributed by atoms with Crippen molar-refractivity contribution < 1.29 is 4.79 Å². The van der Waals surface area contributed by atoms with E-state index in [1.807, 2.05) is 23.1 Å². The summed E-state index contributed by atoms with van der Waals surface area (Å²) in [4.78, 5) is 17.7. The van der Waals surface area contributed by atoms with Gasteiger partial charge in [-0.15, -0.1) is 0 Å². The number of amides is 1. The van der Waals surface area contributed by atoms with Gasteiger partial charge in [-0.2, -0.15) is 0 Å². The molecule has 0 bridgehead atoms. The lowest BCUT2D eigenvalue weighted by atomic mass is 9.89. The highest BCUT2D eigenvalue weighted by molar-refractivity contribution is 6.00. The number of nitrogens with zero attached hydrogens (tertiary/aromatic N) is 2. The van der Waals surface area contributed by atoms with E-state index in [0.29, 0.717) is 17.5 Å². The van der Waals surface area contributed by atoms with Gasteiger partial charge in [0.1, 0.15) is 0 Å². The van der Waals surface area contributed by atoms with Crippen LogP contribution >= 0.6 is 0 Å².